The Morgan fingerprint density at radius 2 is 1.79 bits per heavy atom. The molecule has 0 spiro atoms. The minimum Gasteiger partial charge on any atom is -0.406 e. The summed E-state index contributed by atoms with van der Waals surface area (Å²) in [5.74, 6) is 0.650. The lowest BCUT2D eigenvalue weighted by Crippen LogP contribution is -2.49. The summed E-state index contributed by atoms with van der Waals surface area (Å²) in [6.45, 7) is 3.78. The van der Waals surface area contributed by atoms with E-state index >= 15 is 0 Å². The second kappa shape index (κ2) is 8.14. The van der Waals surface area contributed by atoms with E-state index in [4.69, 9.17) is 0 Å². The average molecular weight is 409 g/mol. The maximum absolute atomic E-state index is 12.7. The molecule has 0 unspecified atom stereocenters. The number of rotatable bonds is 4. The minimum absolute atomic E-state index is 0.155. The van der Waals surface area contributed by atoms with Crippen molar-refractivity contribution in [2.24, 2.45) is 0 Å². The molecule has 0 saturated carbocycles. The average Bonchev–Trinajstić information content (AvgIpc) is 2.66. The summed E-state index contributed by atoms with van der Waals surface area (Å²) in [4.78, 5) is 27.2. The number of aryl methyl sites for hydroxylation is 1. The van der Waals surface area contributed by atoms with Crippen LogP contribution in [-0.2, 0) is 0 Å². The fraction of sp³-hybridized carbons (Fsp3) is 0.421. The lowest BCUT2D eigenvalue weighted by atomic mass is 10.1. The van der Waals surface area contributed by atoms with Crippen LogP contribution in [0, 0.1) is 6.92 Å². The van der Waals surface area contributed by atoms with Crippen molar-refractivity contribution in [2.75, 3.05) is 50.1 Å². The second-order valence-corrected chi connectivity index (χ2v) is 6.92. The lowest BCUT2D eigenvalue weighted by molar-refractivity contribution is -0.274. The van der Waals surface area contributed by atoms with Gasteiger partial charge < -0.3 is 19.4 Å². The minimum atomic E-state index is -4.80. The number of alkyl halides is 3. The van der Waals surface area contributed by atoms with Crippen LogP contribution in [0.1, 0.15) is 16.1 Å². The molecule has 0 atom stereocenters. The van der Waals surface area contributed by atoms with E-state index in [0.29, 0.717) is 32.1 Å². The SMILES string of the molecule is Cc1cc(N(C)C)nc(N2CCN(C(=O)c3cccc(OC(F)(F)F)c3)CC2)n1. The summed E-state index contributed by atoms with van der Waals surface area (Å²) in [5, 5.41) is 0. The Bertz CT molecular complexity index is 880. The molecule has 10 heteroatoms. The number of hydrogen-bond donors (Lipinski definition) is 0. The number of hydrogen-bond acceptors (Lipinski definition) is 6. The first kappa shape index (κ1) is 20.7. The van der Waals surface area contributed by atoms with Crippen LogP contribution in [0.3, 0.4) is 0 Å². The predicted molar refractivity (Wildman–Crippen MR) is 102 cm³/mol. The van der Waals surface area contributed by atoms with Crippen LogP contribution in [-0.4, -0.2) is 67.4 Å². The molecule has 1 amide bonds. The van der Waals surface area contributed by atoms with Crippen molar-refractivity contribution in [3.05, 3.63) is 41.6 Å². The highest BCUT2D eigenvalue weighted by atomic mass is 19.4. The molecule has 7 nitrogen and oxygen atoms in total. The third-order valence-corrected chi connectivity index (χ3v) is 4.45. The standard InChI is InChI=1S/C19H22F3N5O2/c1-13-11-16(25(2)3)24-18(23-13)27-9-7-26(8-10-27)17(28)14-5-4-6-15(12-14)29-19(20,21)22/h4-6,11-12H,7-10H2,1-3H3. The van der Waals surface area contributed by atoms with E-state index < -0.39 is 12.1 Å². The first-order valence-electron chi connectivity index (χ1n) is 9.05. The third kappa shape index (κ3) is 5.27. The molecular formula is C19H22F3N5O2. The number of nitrogens with zero attached hydrogens (tertiary/aromatic N) is 5. The zero-order valence-corrected chi connectivity index (χ0v) is 16.4. The summed E-state index contributed by atoms with van der Waals surface area (Å²) >= 11 is 0. The number of halogens is 3. The molecule has 2 aromatic rings. The van der Waals surface area contributed by atoms with E-state index in [1.165, 1.54) is 18.2 Å². The number of carbonyl (C=O) groups is 1. The number of ether oxygens (including phenoxy) is 1. The molecule has 1 aromatic heterocycles. The van der Waals surface area contributed by atoms with Gasteiger partial charge in [-0.1, -0.05) is 6.07 Å². The summed E-state index contributed by atoms with van der Waals surface area (Å²) < 4.78 is 41.1. The number of anilines is 2. The number of piperazine rings is 1. The van der Waals surface area contributed by atoms with Gasteiger partial charge in [0.25, 0.3) is 5.91 Å². The van der Waals surface area contributed by atoms with Gasteiger partial charge >= 0.3 is 6.36 Å². The molecule has 29 heavy (non-hydrogen) atoms. The van der Waals surface area contributed by atoms with Gasteiger partial charge in [0, 0.05) is 57.6 Å². The predicted octanol–water partition coefficient (Wildman–Crippen LogP) is 2.71. The van der Waals surface area contributed by atoms with Gasteiger partial charge in [-0.05, 0) is 25.1 Å². The van der Waals surface area contributed by atoms with Crippen LogP contribution in [0.25, 0.3) is 0 Å². The Morgan fingerprint density at radius 1 is 1.10 bits per heavy atom. The van der Waals surface area contributed by atoms with E-state index in [1.807, 2.05) is 36.9 Å². The van der Waals surface area contributed by atoms with E-state index in [1.54, 1.807) is 4.90 Å². The molecule has 0 radical (unpaired) electrons. The molecule has 1 aromatic carbocycles. The third-order valence-electron chi connectivity index (χ3n) is 4.45. The first-order chi connectivity index (χ1) is 13.6. The second-order valence-electron chi connectivity index (χ2n) is 6.92. The molecular weight excluding hydrogens is 387 g/mol. The number of amides is 1. The van der Waals surface area contributed by atoms with Crippen LogP contribution < -0.4 is 14.5 Å². The fourth-order valence-electron chi connectivity index (χ4n) is 3.03. The molecule has 1 aliphatic heterocycles. The van der Waals surface area contributed by atoms with Gasteiger partial charge in [-0.15, -0.1) is 13.2 Å². The molecule has 1 aliphatic rings. The van der Waals surface area contributed by atoms with Gasteiger partial charge in [-0.25, -0.2) is 4.98 Å². The van der Waals surface area contributed by atoms with E-state index in [-0.39, 0.29) is 11.5 Å². The van der Waals surface area contributed by atoms with Crippen molar-refractivity contribution in [1.29, 1.82) is 0 Å². The molecule has 1 fully saturated rings. The molecule has 0 aliphatic carbocycles. The molecule has 1 saturated heterocycles. The smallest absolute Gasteiger partial charge is 0.406 e. The number of benzene rings is 1. The normalized spacial score (nSPS) is 14.7. The van der Waals surface area contributed by atoms with Gasteiger partial charge in [-0.3, -0.25) is 4.79 Å². The van der Waals surface area contributed by atoms with Crippen molar-refractivity contribution < 1.29 is 22.7 Å². The molecule has 0 bridgehead atoms. The van der Waals surface area contributed by atoms with Gasteiger partial charge in [0.1, 0.15) is 11.6 Å². The highest BCUT2D eigenvalue weighted by Gasteiger charge is 2.31. The van der Waals surface area contributed by atoms with Crippen molar-refractivity contribution in [3.63, 3.8) is 0 Å². The first-order valence-corrected chi connectivity index (χ1v) is 9.05. The Hall–Kier alpha value is -3.04. The number of carbonyl (C=O) groups excluding carboxylic acids is 1. The zero-order valence-electron chi connectivity index (χ0n) is 16.4. The highest BCUT2D eigenvalue weighted by Crippen LogP contribution is 2.24. The van der Waals surface area contributed by atoms with E-state index in [2.05, 4.69) is 14.7 Å². The topological polar surface area (TPSA) is 61.8 Å². The van der Waals surface area contributed by atoms with Crippen LogP contribution >= 0.6 is 0 Å². The van der Waals surface area contributed by atoms with Crippen LogP contribution in [0.15, 0.2) is 30.3 Å². The molecule has 3 rings (SSSR count). The van der Waals surface area contributed by atoms with E-state index in [9.17, 15) is 18.0 Å². The van der Waals surface area contributed by atoms with Crippen molar-refractivity contribution in [1.82, 2.24) is 14.9 Å². The van der Waals surface area contributed by atoms with Crippen molar-refractivity contribution in [2.45, 2.75) is 13.3 Å². The van der Waals surface area contributed by atoms with Crippen LogP contribution in [0.2, 0.25) is 0 Å². The lowest BCUT2D eigenvalue weighted by Gasteiger charge is -2.35. The fourth-order valence-corrected chi connectivity index (χ4v) is 3.03. The molecule has 156 valence electrons. The van der Waals surface area contributed by atoms with Gasteiger partial charge in [0.05, 0.1) is 0 Å². The number of aromatic nitrogens is 2. The summed E-state index contributed by atoms with van der Waals surface area (Å²) in [6, 6.07) is 7.01. The monoisotopic (exact) mass is 409 g/mol. The van der Waals surface area contributed by atoms with Gasteiger partial charge in [0.15, 0.2) is 0 Å². The van der Waals surface area contributed by atoms with Gasteiger partial charge in [-0.2, -0.15) is 4.98 Å². The Kier molecular flexibility index (Phi) is 5.81. The van der Waals surface area contributed by atoms with Crippen LogP contribution in [0.5, 0.6) is 5.75 Å². The summed E-state index contributed by atoms with van der Waals surface area (Å²) in [5.41, 5.74) is 1.00. The maximum Gasteiger partial charge on any atom is 0.573 e. The Morgan fingerprint density at radius 3 is 2.41 bits per heavy atom. The largest absolute Gasteiger partial charge is 0.573 e. The van der Waals surface area contributed by atoms with Crippen LogP contribution in [0.4, 0.5) is 24.9 Å². The molecule has 2 heterocycles. The maximum atomic E-state index is 12.7. The summed E-state index contributed by atoms with van der Waals surface area (Å²) in [7, 11) is 3.80. The zero-order chi connectivity index (χ0) is 21.2. The Balaban J connectivity index is 1.67. The van der Waals surface area contributed by atoms with Crippen molar-refractivity contribution >= 4 is 17.7 Å². The van der Waals surface area contributed by atoms with Gasteiger partial charge in [0.2, 0.25) is 5.95 Å². The summed E-state index contributed by atoms with van der Waals surface area (Å²) in [6.07, 6.45) is -4.80. The molecule has 0 N–H and O–H groups in total. The highest BCUT2D eigenvalue weighted by molar-refractivity contribution is 5.94. The Labute approximate surface area is 166 Å². The van der Waals surface area contributed by atoms with E-state index in [0.717, 1.165) is 17.6 Å². The quantitative estimate of drug-likeness (QED) is 0.774. The van der Waals surface area contributed by atoms with Crippen molar-refractivity contribution in [3.8, 4) is 5.75 Å².